The zero-order chi connectivity index (χ0) is 40.5. The maximum Gasteiger partial charge on any atom is 0.490 e. The Morgan fingerprint density at radius 1 is 0.818 bits per heavy atom. The minimum Gasteiger partial charge on any atom is -0.475 e. The van der Waals surface area contributed by atoms with E-state index in [2.05, 4.69) is 33.1 Å². The molecule has 18 heteroatoms. The molecule has 2 aliphatic rings. The largest absolute Gasteiger partial charge is 0.490 e. The molecule has 4 amide bonds. The van der Waals surface area contributed by atoms with Gasteiger partial charge in [0.05, 0.1) is 12.0 Å². The molecule has 0 aliphatic carbocycles. The summed E-state index contributed by atoms with van der Waals surface area (Å²) >= 11 is 0. The van der Waals surface area contributed by atoms with Gasteiger partial charge in [0, 0.05) is 56.1 Å². The first-order valence-corrected chi connectivity index (χ1v) is 17.2. The van der Waals surface area contributed by atoms with Crippen molar-refractivity contribution in [1.29, 1.82) is 0 Å². The van der Waals surface area contributed by atoms with Crippen molar-refractivity contribution < 1.29 is 55.4 Å². The third-order valence-electron chi connectivity index (χ3n) is 8.93. The van der Waals surface area contributed by atoms with E-state index >= 15 is 0 Å². The smallest absolute Gasteiger partial charge is 0.475 e. The van der Waals surface area contributed by atoms with E-state index in [-0.39, 0.29) is 35.5 Å². The maximum absolute atomic E-state index is 14.1. The molecule has 2 heterocycles. The summed E-state index contributed by atoms with van der Waals surface area (Å²) < 4.78 is 74.0. The van der Waals surface area contributed by atoms with Crippen molar-refractivity contribution in [2.45, 2.75) is 57.7 Å². The Bertz CT molecular complexity index is 1870. The quantitative estimate of drug-likeness (QED) is 0.187. The van der Waals surface area contributed by atoms with Gasteiger partial charge in [0.25, 0.3) is 5.91 Å². The molecule has 5 rings (SSSR count). The zero-order valence-electron chi connectivity index (χ0n) is 29.8. The van der Waals surface area contributed by atoms with Crippen LogP contribution in [0, 0.1) is 6.92 Å². The van der Waals surface area contributed by atoms with E-state index in [1.54, 1.807) is 13.0 Å². The van der Waals surface area contributed by atoms with Crippen molar-refractivity contribution in [3.63, 3.8) is 0 Å². The number of aliphatic carboxylic acids is 1. The van der Waals surface area contributed by atoms with Crippen LogP contribution >= 0.6 is 0 Å². The normalized spacial score (nSPS) is 18.0. The van der Waals surface area contributed by atoms with Crippen LogP contribution in [-0.4, -0.2) is 95.5 Å². The molecule has 55 heavy (non-hydrogen) atoms. The van der Waals surface area contributed by atoms with Gasteiger partial charge in [-0.15, -0.1) is 0 Å². The number of carbonyl (C=O) groups excluding carboxylic acids is 4. The molecule has 2 unspecified atom stereocenters. The average molecular weight is 779 g/mol. The van der Waals surface area contributed by atoms with Gasteiger partial charge in [-0.05, 0) is 54.4 Å². The first-order valence-electron chi connectivity index (χ1n) is 17.2. The lowest BCUT2D eigenvalue weighted by molar-refractivity contribution is -0.192. The fourth-order valence-corrected chi connectivity index (χ4v) is 5.86. The van der Waals surface area contributed by atoms with E-state index < -0.39 is 59.6 Å². The first-order chi connectivity index (χ1) is 25.8. The van der Waals surface area contributed by atoms with Crippen LogP contribution < -0.4 is 21.3 Å². The highest BCUT2D eigenvalue weighted by molar-refractivity contribution is 6.06. The molecular weight excluding hydrogens is 738 g/mol. The topological polar surface area (TPSA) is 160 Å². The number of carboxylic acid groups (broad SMARTS) is 1. The second kappa shape index (κ2) is 18.2. The van der Waals surface area contributed by atoms with Crippen molar-refractivity contribution in [1.82, 2.24) is 20.4 Å². The number of hydrogen-bond donors (Lipinski definition) is 5. The van der Waals surface area contributed by atoms with Crippen LogP contribution in [0.15, 0.2) is 66.7 Å². The second-order valence-electron chi connectivity index (χ2n) is 12.9. The number of hydrogen-bond acceptors (Lipinski definition) is 7. The second-order valence-corrected chi connectivity index (χ2v) is 12.9. The van der Waals surface area contributed by atoms with Crippen LogP contribution in [0.3, 0.4) is 0 Å². The molecule has 3 aromatic rings. The summed E-state index contributed by atoms with van der Waals surface area (Å²) in [4.78, 5) is 64.5. The van der Waals surface area contributed by atoms with Gasteiger partial charge >= 0.3 is 18.3 Å². The number of halogens is 6. The Hall–Kier alpha value is -5.49. The van der Waals surface area contributed by atoms with Crippen molar-refractivity contribution in [2.24, 2.45) is 0 Å². The van der Waals surface area contributed by atoms with E-state index in [0.717, 1.165) is 31.3 Å². The number of nitrogens with zero attached hydrogens (tertiary/aromatic N) is 2. The lowest BCUT2D eigenvalue weighted by Gasteiger charge is -2.34. The number of rotatable bonds is 10. The average Bonchev–Trinajstić information content (AvgIpc) is 3.12. The fraction of sp³-hybridized carbons (Fsp3) is 0.378. The van der Waals surface area contributed by atoms with E-state index in [9.17, 15) is 45.5 Å². The van der Waals surface area contributed by atoms with Gasteiger partial charge < -0.3 is 31.3 Å². The van der Waals surface area contributed by atoms with Crippen molar-refractivity contribution in [3.05, 3.63) is 94.5 Å². The summed E-state index contributed by atoms with van der Waals surface area (Å²) in [5.74, 6) is -4.88. The first kappa shape index (κ1) is 42.3. The Kier molecular flexibility index (Phi) is 14.0. The molecule has 2 atom stereocenters. The summed E-state index contributed by atoms with van der Waals surface area (Å²) in [5, 5.41) is 17.6. The van der Waals surface area contributed by atoms with Gasteiger partial charge in [-0.2, -0.15) is 26.3 Å². The van der Waals surface area contributed by atoms with E-state index in [4.69, 9.17) is 9.90 Å². The molecule has 0 saturated carbocycles. The molecule has 0 aromatic heterocycles. The fourth-order valence-electron chi connectivity index (χ4n) is 5.86. The van der Waals surface area contributed by atoms with E-state index in [1.165, 1.54) is 24.3 Å². The minimum atomic E-state index is -5.08. The van der Waals surface area contributed by atoms with Crippen molar-refractivity contribution in [2.75, 3.05) is 43.4 Å². The van der Waals surface area contributed by atoms with Crippen molar-refractivity contribution in [3.8, 4) is 0 Å². The summed E-state index contributed by atoms with van der Waals surface area (Å²) in [6.07, 6.45) is -9.73. The van der Waals surface area contributed by atoms with Crippen LogP contribution in [0.2, 0.25) is 0 Å². The van der Waals surface area contributed by atoms with Gasteiger partial charge in [0.2, 0.25) is 17.7 Å². The van der Waals surface area contributed by atoms with Crippen molar-refractivity contribution >= 4 is 41.0 Å². The third kappa shape index (κ3) is 12.3. The number of aryl methyl sites for hydroxylation is 1. The zero-order valence-corrected chi connectivity index (χ0v) is 29.8. The predicted molar refractivity (Wildman–Crippen MR) is 189 cm³/mol. The highest BCUT2D eigenvalue weighted by Crippen LogP contribution is 2.35. The number of carboxylic acids is 1. The molecule has 0 radical (unpaired) electrons. The highest BCUT2D eigenvalue weighted by atomic mass is 19.4. The summed E-state index contributed by atoms with van der Waals surface area (Å²) in [7, 11) is 0. The summed E-state index contributed by atoms with van der Waals surface area (Å²) in [5.41, 5.74) is 1.20. The molecule has 0 spiro atoms. The monoisotopic (exact) mass is 778 g/mol. The van der Waals surface area contributed by atoms with Gasteiger partial charge in [-0.1, -0.05) is 49.4 Å². The molecule has 2 aliphatic heterocycles. The number of carbonyl (C=O) groups is 5. The number of likely N-dealkylation sites (N-methyl/N-ethyl adjacent to an activating group) is 1. The predicted octanol–water partition coefficient (Wildman–Crippen LogP) is 4.59. The standard InChI is InChI=1S/C35H39F3N6O4.C2HF3O2/c1-3-43-13-15-44(16-14-43)21-25-11-12-26(19-27(25)35(36,37)38)39-32(46)24-10-9-22(2)28(18-24)40-31(45)20-30-34(48)41-29(33(47)42-30)17-23-7-5-4-6-8-23;3-2(4,5)1(6)7/h4-12,18-19,29-30H,3,13-17,20-21H2,1-2H3,(H,39,46)(H,40,45)(H,41,48)(H,42,47);(H,6,7). The summed E-state index contributed by atoms with van der Waals surface area (Å²) in [6, 6.07) is 15.7. The molecule has 12 nitrogen and oxygen atoms in total. The number of anilines is 2. The van der Waals surface area contributed by atoms with Crippen LogP contribution in [0.1, 0.15) is 46.0 Å². The van der Waals surface area contributed by atoms with E-state index in [1.807, 2.05) is 35.2 Å². The lowest BCUT2D eigenvalue weighted by atomic mass is 10.0. The Morgan fingerprint density at radius 3 is 2.02 bits per heavy atom. The molecule has 296 valence electrons. The molecular formula is C37H40F6N6O6. The van der Waals surface area contributed by atoms with Crippen LogP contribution in [0.4, 0.5) is 37.7 Å². The molecule has 3 aromatic carbocycles. The SMILES string of the molecule is CCN1CCN(Cc2ccc(NC(=O)c3ccc(C)c(NC(=O)CC4NC(=O)C(Cc5ccccc5)NC4=O)c3)cc2C(F)(F)F)CC1.O=C(O)C(F)(F)F. The molecule has 5 N–H and O–H groups in total. The minimum absolute atomic E-state index is 0.0114. The number of piperazine rings is 2. The Balaban J connectivity index is 0.000000876. The van der Waals surface area contributed by atoms with Gasteiger partial charge in [0.1, 0.15) is 12.1 Å². The highest BCUT2D eigenvalue weighted by Gasteiger charge is 2.38. The number of amides is 4. The summed E-state index contributed by atoms with van der Waals surface area (Å²) in [6.45, 7) is 7.77. The van der Waals surface area contributed by atoms with Crippen LogP contribution in [-0.2, 0) is 38.3 Å². The van der Waals surface area contributed by atoms with Gasteiger partial charge in [-0.3, -0.25) is 24.1 Å². The van der Waals surface area contributed by atoms with Gasteiger partial charge in [0.15, 0.2) is 0 Å². The number of nitrogens with one attached hydrogen (secondary N) is 4. The molecule has 2 saturated heterocycles. The molecule has 0 bridgehead atoms. The van der Waals surface area contributed by atoms with E-state index in [0.29, 0.717) is 25.1 Å². The van der Waals surface area contributed by atoms with Crippen LogP contribution in [0.25, 0.3) is 0 Å². The number of benzene rings is 3. The van der Waals surface area contributed by atoms with Gasteiger partial charge in [-0.25, -0.2) is 4.79 Å². The Labute approximate surface area is 312 Å². The Morgan fingerprint density at radius 2 is 1.42 bits per heavy atom. The maximum atomic E-state index is 14.1. The van der Waals surface area contributed by atoms with Crippen LogP contribution in [0.5, 0.6) is 0 Å². The lowest BCUT2D eigenvalue weighted by Crippen LogP contribution is -2.62. The number of alkyl halides is 6. The molecule has 2 fully saturated rings. The third-order valence-corrected chi connectivity index (χ3v) is 8.93.